The van der Waals surface area contributed by atoms with E-state index >= 15 is 0 Å². The molecule has 1 heterocycles. The van der Waals surface area contributed by atoms with Crippen LogP contribution in [-0.4, -0.2) is 0 Å². The second kappa shape index (κ2) is 10.3. The molecule has 1 aliphatic carbocycles. The van der Waals surface area contributed by atoms with E-state index in [2.05, 4.69) is 83.8 Å². The molecule has 45 heavy (non-hydrogen) atoms. The van der Waals surface area contributed by atoms with Crippen LogP contribution < -0.4 is 4.90 Å². The Morgan fingerprint density at radius 1 is 0.489 bits per heavy atom. The van der Waals surface area contributed by atoms with Crippen LogP contribution in [-0.2, 0) is 5.41 Å². The van der Waals surface area contributed by atoms with Crippen LogP contribution in [0.5, 0.6) is 0 Å². The highest BCUT2D eigenvalue weighted by Gasteiger charge is 2.47. The Morgan fingerprint density at radius 2 is 1.11 bits per heavy atom. The Kier molecular flexibility index (Phi) is 4.89. The summed E-state index contributed by atoms with van der Waals surface area (Å²) in [4.78, 5) is 2.22. The lowest BCUT2D eigenvalue weighted by molar-refractivity contribution is 0.777. The average molecular weight is 597 g/mol. The Morgan fingerprint density at radius 3 is 1.89 bits per heavy atom. The number of anilines is 3. The van der Waals surface area contributed by atoms with Crippen molar-refractivity contribution in [3.8, 4) is 11.1 Å². The molecule has 8 aromatic rings. The maximum atomic E-state index is 9.45. The van der Waals surface area contributed by atoms with Gasteiger partial charge in [0.1, 0.15) is 0 Å². The van der Waals surface area contributed by atoms with Crippen molar-refractivity contribution in [3.05, 3.63) is 198 Å². The molecule has 7 aromatic carbocycles. The van der Waals surface area contributed by atoms with Crippen LogP contribution in [0.15, 0.2) is 176 Å². The molecule has 1 atom stereocenters. The zero-order valence-corrected chi connectivity index (χ0v) is 25.0. The van der Waals surface area contributed by atoms with E-state index in [1.54, 1.807) is 11.3 Å². The molecule has 0 fully saturated rings. The smallest absolute Gasteiger partial charge is 0.0720 e. The van der Waals surface area contributed by atoms with E-state index in [-0.39, 0.29) is 29.7 Å². The fourth-order valence-electron chi connectivity index (χ4n) is 7.23. The van der Waals surface area contributed by atoms with Crippen molar-refractivity contribution >= 4 is 48.6 Å². The molecule has 0 amide bonds. The topological polar surface area (TPSA) is 3.24 Å². The molecular weight excluding hydrogens is 563 g/mol. The molecule has 2 heteroatoms. The predicted octanol–water partition coefficient (Wildman–Crippen LogP) is 11.9. The van der Waals surface area contributed by atoms with Gasteiger partial charge in [-0.15, -0.1) is 11.3 Å². The fourth-order valence-corrected chi connectivity index (χ4v) is 8.36. The first kappa shape index (κ1) is 21.3. The van der Waals surface area contributed by atoms with Gasteiger partial charge >= 0.3 is 0 Å². The van der Waals surface area contributed by atoms with Crippen LogP contribution in [0.1, 0.15) is 29.1 Å². The summed E-state index contributed by atoms with van der Waals surface area (Å²) in [5.74, 6) is 0. The lowest BCUT2D eigenvalue weighted by Crippen LogP contribution is -2.28. The number of hydrogen-bond acceptors (Lipinski definition) is 2. The molecule has 0 radical (unpaired) electrons. The van der Waals surface area contributed by atoms with Crippen LogP contribution in [0.25, 0.3) is 31.3 Å². The first-order chi connectivity index (χ1) is 24.4. The molecule has 1 unspecified atom stereocenters. The minimum atomic E-state index is -1.22. The highest BCUT2D eigenvalue weighted by Crippen LogP contribution is 2.59. The van der Waals surface area contributed by atoms with Crippen molar-refractivity contribution in [1.29, 1.82) is 0 Å². The van der Waals surface area contributed by atoms with Crippen LogP contribution in [0, 0.1) is 0 Å². The molecule has 1 aromatic heterocycles. The van der Waals surface area contributed by atoms with Gasteiger partial charge in [-0.05, 0) is 81.9 Å². The van der Waals surface area contributed by atoms with Crippen LogP contribution in [0.2, 0.25) is 0 Å². The van der Waals surface area contributed by atoms with Gasteiger partial charge in [0, 0.05) is 37.2 Å². The van der Waals surface area contributed by atoms with Gasteiger partial charge in [-0.1, -0.05) is 127 Å². The molecule has 1 aliphatic rings. The lowest BCUT2D eigenvalue weighted by atomic mass is 9.66. The van der Waals surface area contributed by atoms with Crippen LogP contribution >= 0.6 is 11.3 Å². The van der Waals surface area contributed by atoms with Gasteiger partial charge in [-0.25, -0.2) is 0 Å². The van der Waals surface area contributed by atoms with Crippen molar-refractivity contribution < 1.29 is 6.85 Å². The Labute approximate surface area is 274 Å². The molecule has 1 nitrogen and oxygen atoms in total. The lowest BCUT2D eigenvalue weighted by Gasteiger charge is -2.35. The minimum absolute atomic E-state index is 0.200. The van der Waals surface area contributed by atoms with E-state index in [1.165, 1.54) is 0 Å². The van der Waals surface area contributed by atoms with Gasteiger partial charge in [0.2, 0.25) is 0 Å². The summed E-state index contributed by atoms with van der Waals surface area (Å²) in [6.45, 7) is 0. The van der Waals surface area contributed by atoms with E-state index in [0.29, 0.717) is 0 Å². The molecule has 0 N–H and O–H groups in total. The summed E-state index contributed by atoms with van der Waals surface area (Å²) in [5.41, 5.74) is 6.60. The van der Waals surface area contributed by atoms with Gasteiger partial charge in [-0.2, -0.15) is 0 Å². The molecule has 0 spiro atoms. The number of fused-ring (bicyclic) bond motifs is 6. The standard InChI is InChI=1S/C43H29NS/c1-4-15-30(16-5-1)43(39-24-14-26-41-42(39)35-22-11-13-25-40(35)45-41)37-23-12-10-21-34(37)36-29-33(27-28-38(36)43)44(31-17-6-2-7-18-31)32-19-8-3-9-20-32/h1-29H/i1D,4D,5D,15D,16D. The largest absolute Gasteiger partial charge is 0.310 e. The van der Waals surface area contributed by atoms with Crippen molar-refractivity contribution in [2.45, 2.75) is 5.41 Å². The zero-order valence-electron chi connectivity index (χ0n) is 29.2. The monoisotopic (exact) mass is 596 g/mol. The average Bonchev–Trinajstić information content (AvgIpc) is 3.68. The third kappa shape index (κ3) is 3.86. The summed E-state index contributed by atoms with van der Waals surface area (Å²) in [5, 5.41) is 2.11. The second-order valence-electron chi connectivity index (χ2n) is 11.3. The molecule has 0 saturated heterocycles. The maximum absolute atomic E-state index is 9.45. The molecule has 212 valence electrons. The first-order valence-corrected chi connectivity index (χ1v) is 15.9. The minimum Gasteiger partial charge on any atom is -0.310 e. The van der Waals surface area contributed by atoms with Gasteiger partial charge in [0.15, 0.2) is 0 Å². The maximum Gasteiger partial charge on any atom is 0.0720 e. The van der Waals surface area contributed by atoms with Crippen molar-refractivity contribution in [2.75, 3.05) is 4.90 Å². The molecule has 0 saturated carbocycles. The number of rotatable bonds is 5. The molecule has 0 aliphatic heterocycles. The molecular formula is C43H29NS. The van der Waals surface area contributed by atoms with E-state index in [4.69, 9.17) is 4.11 Å². The summed E-state index contributed by atoms with van der Waals surface area (Å²) in [6.07, 6.45) is 0. The highest BCUT2D eigenvalue weighted by atomic mass is 32.1. The van der Waals surface area contributed by atoms with Gasteiger partial charge in [0.25, 0.3) is 0 Å². The quantitative estimate of drug-likeness (QED) is 0.191. The molecule has 0 bridgehead atoms. The number of para-hydroxylation sites is 2. The Balaban J connectivity index is 1.44. The fraction of sp³-hybridized carbons (Fsp3) is 0.0233. The van der Waals surface area contributed by atoms with Crippen LogP contribution in [0.3, 0.4) is 0 Å². The Bertz CT molecular complexity index is 2550. The van der Waals surface area contributed by atoms with E-state index in [1.807, 2.05) is 66.7 Å². The zero-order chi connectivity index (χ0) is 34.1. The van der Waals surface area contributed by atoms with Gasteiger partial charge in [0.05, 0.1) is 12.3 Å². The second-order valence-corrected chi connectivity index (χ2v) is 12.4. The van der Waals surface area contributed by atoms with Crippen molar-refractivity contribution in [3.63, 3.8) is 0 Å². The summed E-state index contributed by atoms with van der Waals surface area (Å²) in [7, 11) is 0. The number of hydrogen-bond donors (Lipinski definition) is 0. The summed E-state index contributed by atoms with van der Waals surface area (Å²) < 4.78 is 47.3. The first-order valence-electron chi connectivity index (χ1n) is 17.5. The van der Waals surface area contributed by atoms with Crippen molar-refractivity contribution in [1.82, 2.24) is 0 Å². The van der Waals surface area contributed by atoms with Crippen molar-refractivity contribution in [2.24, 2.45) is 0 Å². The van der Waals surface area contributed by atoms with Gasteiger partial charge in [-0.3, -0.25) is 0 Å². The van der Waals surface area contributed by atoms with Gasteiger partial charge < -0.3 is 4.90 Å². The van der Waals surface area contributed by atoms with E-state index < -0.39 is 11.5 Å². The third-order valence-electron chi connectivity index (χ3n) is 9.00. The number of thiophene rings is 1. The third-order valence-corrected chi connectivity index (χ3v) is 10.1. The molecule has 9 rings (SSSR count). The highest BCUT2D eigenvalue weighted by molar-refractivity contribution is 7.25. The number of benzene rings is 7. The Hall–Kier alpha value is -5.44. The SMILES string of the molecule is [2H]c1c([2H])c([2H])c(C2(c3cccc4sc5ccccc5c34)c3ccccc3-c3cc(N(c4ccccc4)c4ccccc4)ccc32)c([2H])c1[2H]. The van der Waals surface area contributed by atoms with Crippen LogP contribution in [0.4, 0.5) is 17.1 Å². The van der Waals surface area contributed by atoms with E-state index in [9.17, 15) is 2.74 Å². The van der Waals surface area contributed by atoms with E-state index in [0.717, 1.165) is 65.1 Å². The summed E-state index contributed by atoms with van der Waals surface area (Å²) in [6, 6.07) is 48.1. The number of nitrogens with zero attached hydrogens (tertiary/aromatic N) is 1. The normalized spacial score (nSPS) is 16.8. The predicted molar refractivity (Wildman–Crippen MR) is 191 cm³/mol. The summed E-state index contributed by atoms with van der Waals surface area (Å²) >= 11 is 1.71.